The van der Waals surface area contributed by atoms with E-state index in [2.05, 4.69) is 18.0 Å². The van der Waals surface area contributed by atoms with Crippen molar-refractivity contribution in [3.05, 3.63) is 23.3 Å². The van der Waals surface area contributed by atoms with E-state index in [1.165, 1.54) is 0 Å². The Kier molecular flexibility index (Phi) is 2.92. The van der Waals surface area contributed by atoms with Crippen LogP contribution in [-0.2, 0) is 24.4 Å². The standard InChI is InChI=1S/C20H23NO6/c1-21-5-4-18-8-13(22)17(23-2)20(24-3)19(18,21)9-16(27-20)11-6-14-15(7-12(11)18)26-10-25-14/h6-7,16-17H,4-5,8-10H2,1-3H3/t16-,17-,18+,19+,20-/m1/s1. The largest absolute Gasteiger partial charge is 0.454 e. The van der Waals surface area contributed by atoms with Gasteiger partial charge in [-0.25, -0.2) is 0 Å². The van der Waals surface area contributed by atoms with Gasteiger partial charge in [-0.1, -0.05) is 0 Å². The van der Waals surface area contributed by atoms with Crippen molar-refractivity contribution >= 4 is 5.78 Å². The number of rotatable bonds is 2. The molecule has 7 heteroatoms. The van der Waals surface area contributed by atoms with Crippen molar-refractivity contribution in [2.45, 2.75) is 48.2 Å². The number of carbonyl (C=O) groups is 1. The molecule has 5 atom stereocenters. The lowest BCUT2D eigenvalue weighted by molar-refractivity contribution is -0.309. The summed E-state index contributed by atoms with van der Waals surface area (Å²) in [5.74, 6) is 0.406. The highest BCUT2D eigenvalue weighted by Crippen LogP contribution is 2.71. The summed E-state index contributed by atoms with van der Waals surface area (Å²) < 4.78 is 29.7. The Morgan fingerprint density at radius 2 is 2.00 bits per heavy atom. The van der Waals surface area contributed by atoms with Crippen molar-refractivity contribution in [3.8, 4) is 11.5 Å². The Morgan fingerprint density at radius 1 is 1.22 bits per heavy atom. The van der Waals surface area contributed by atoms with Gasteiger partial charge >= 0.3 is 0 Å². The molecule has 0 N–H and O–H groups in total. The fourth-order valence-corrected chi connectivity index (χ4v) is 6.82. The number of methoxy groups -OCH3 is 2. The number of ether oxygens (including phenoxy) is 5. The summed E-state index contributed by atoms with van der Waals surface area (Å²) in [6.45, 7) is 1.10. The molecule has 0 amide bonds. The number of likely N-dealkylation sites (tertiary alicyclic amines) is 1. The molecule has 0 aromatic heterocycles. The summed E-state index contributed by atoms with van der Waals surface area (Å²) in [5.41, 5.74) is 1.41. The third-order valence-electron chi connectivity index (χ3n) is 7.75. The number of hydrogen-bond acceptors (Lipinski definition) is 7. The molecule has 2 bridgehead atoms. The minimum absolute atomic E-state index is 0.0384. The minimum Gasteiger partial charge on any atom is -0.454 e. The van der Waals surface area contributed by atoms with Crippen LogP contribution in [0.1, 0.15) is 36.5 Å². The van der Waals surface area contributed by atoms with E-state index in [4.69, 9.17) is 23.7 Å². The first-order valence-electron chi connectivity index (χ1n) is 9.47. The maximum absolute atomic E-state index is 13.2. The van der Waals surface area contributed by atoms with Gasteiger partial charge < -0.3 is 23.7 Å². The summed E-state index contributed by atoms with van der Waals surface area (Å²) in [4.78, 5) is 15.6. The van der Waals surface area contributed by atoms with Gasteiger partial charge in [0, 0.05) is 32.5 Å². The van der Waals surface area contributed by atoms with Gasteiger partial charge in [0.15, 0.2) is 23.4 Å². The molecule has 3 fully saturated rings. The molecule has 3 heterocycles. The molecule has 5 aliphatic rings. The third kappa shape index (κ3) is 1.49. The van der Waals surface area contributed by atoms with Crippen LogP contribution in [0.4, 0.5) is 0 Å². The van der Waals surface area contributed by atoms with Crippen molar-refractivity contribution in [2.75, 3.05) is 34.6 Å². The Bertz CT molecular complexity index is 872. The quantitative estimate of drug-likeness (QED) is 0.779. The molecule has 7 nitrogen and oxygen atoms in total. The fraction of sp³-hybridized carbons (Fsp3) is 0.650. The molecule has 3 aliphatic heterocycles. The lowest BCUT2D eigenvalue weighted by atomic mass is 9.51. The second kappa shape index (κ2) is 4.84. The first-order valence-corrected chi connectivity index (χ1v) is 9.47. The van der Waals surface area contributed by atoms with Crippen molar-refractivity contribution in [3.63, 3.8) is 0 Å². The summed E-state index contributed by atoms with van der Waals surface area (Å²) in [7, 11) is 5.31. The van der Waals surface area contributed by atoms with Crippen LogP contribution in [0.3, 0.4) is 0 Å². The van der Waals surface area contributed by atoms with Gasteiger partial charge in [-0.05, 0) is 43.3 Å². The van der Waals surface area contributed by atoms with Crippen molar-refractivity contribution in [1.29, 1.82) is 0 Å². The lowest BCUT2D eigenvalue weighted by Gasteiger charge is -2.59. The number of hydrogen-bond donors (Lipinski definition) is 0. The van der Waals surface area contributed by atoms with E-state index in [9.17, 15) is 4.79 Å². The molecule has 6 rings (SSSR count). The Balaban J connectivity index is 1.69. The van der Waals surface area contributed by atoms with Gasteiger partial charge in [-0.2, -0.15) is 0 Å². The van der Waals surface area contributed by atoms with E-state index in [1.54, 1.807) is 14.2 Å². The molecular formula is C20H23NO6. The van der Waals surface area contributed by atoms with Gasteiger partial charge in [-0.15, -0.1) is 0 Å². The van der Waals surface area contributed by atoms with Crippen LogP contribution in [0, 0.1) is 0 Å². The van der Waals surface area contributed by atoms with Crippen LogP contribution in [0.2, 0.25) is 0 Å². The van der Waals surface area contributed by atoms with E-state index in [0.717, 1.165) is 42.0 Å². The number of nitrogens with zero attached hydrogens (tertiary/aromatic N) is 1. The van der Waals surface area contributed by atoms with Crippen molar-refractivity contribution in [2.24, 2.45) is 0 Å². The zero-order chi connectivity index (χ0) is 18.6. The summed E-state index contributed by atoms with van der Waals surface area (Å²) in [5, 5.41) is 0. The van der Waals surface area contributed by atoms with E-state index < -0.39 is 17.4 Å². The van der Waals surface area contributed by atoms with Gasteiger partial charge in [-0.3, -0.25) is 9.69 Å². The van der Waals surface area contributed by atoms with Crippen molar-refractivity contribution < 1.29 is 28.5 Å². The second-order valence-corrected chi connectivity index (χ2v) is 8.35. The highest BCUT2D eigenvalue weighted by atomic mass is 16.7. The van der Waals surface area contributed by atoms with Crippen LogP contribution in [-0.4, -0.2) is 62.7 Å². The first kappa shape index (κ1) is 16.3. The van der Waals surface area contributed by atoms with Gasteiger partial charge in [0.1, 0.15) is 0 Å². The van der Waals surface area contributed by atoms with E-state index in [0.29, 0.717) is 6.42 Å². The molecule has 2 aliphatic carbocycles. The van der Waals surface area contributed by atoms with Gasteiger partial charge in [0.2, 0.25) is 12.6 Å². The summed E-state index contributed by atoms with van der Waals surface area (Å²) in [6, 6.07) is 4.11. The number of carbonyl (C=O) groups excluding carboxylic acids is 1. The van der Waals surface area contributed by atoms with E-state index >= 15 is 0 Å². The number of Topliss-reactive ketones (excluding diaryl/α,β-unsaturated/α-hetero) is 1. The minimum atomic E-state index is -1.13. The van der Waals surface area contributed by atoms with Crippen LogP contribution >= 0.6 is 0 Å². The zero-order valence-electron chi connectivity index (χ0n) is 15.7. The molecule has 1 saturated carbocycles. The average Bonchev–Trinajstić information content (AvgIpc) is 3.33. The van der Waals surface area contributed by atoms with Gasteiger partial charge in [0.25, 0.3) is 0 Å². The van der Waals surface area contributed by atoms with Gasteiger partial charge in [0.05, 0.1) is 11.6 Å². The summed E-state index contributed by atoms with van der Waals surface area (Å²) >= 11 is 0. The number of fused-ring (bicyclic) bond motifs is 4. The number of benzene rings is 1. The van der Waals surface area contributed by atoms with E-state index in [-0.39, 0.29) is 24.1 Å². The smallest absolute Gasteiger partial charge is 0.231 e. The molecule has 0 radical (unpaired) electrons. The Labute approximate surface area is 157 Å². The first-order chi connectivity index (χ1) is 13.0. The Morgan fingerprint density at radius 3 is 2.74 bits per heavy atom. The molecule has 2 saturated heterocycles. The van der Waals surface area contributed by atoms with Crippen LogP contribution < -0.4 is 9.47 Å². The monoisotopic (exact) mass is 373 g/mol. The normalized spacial score (nSPS) is 43.7. The highest BCUT2D eigenvalue weighted by molar-refractivity contribution is 5.89. The van der Waals surface area contributed by atoms with E-state index in [1.807, 2.05) is 6.07 Å². The molecule has 0 unspecified atom stereocenters. The molecule has 144 valence electrons. The van der Waals surface area contributed by atoms with Crippen LogP contribution in [0.25, 0.3) is 0 Å². The number of likely N-dealkylation sites (N-methyl/N-ethyl adjacent to an activating group) is 1. The Hall–Kier alpha value is -1.67. The zero-order valence-corrected chi connectivity index (χ0v) is 15.7. The highest BCUT2D eigenvalue weighted by Gasteiger charge is 2.82. The topological polar surface area (TPSA) is 66.5 Å². The molecule has 1 spiro atoms. The lowest BCUT2D eigenvalue weighted by Crippen LogP contribution is -2.76. The molecule has 1 aromatic carbocycles. The predicted molar refractivity (Wildman–Crippen MR) is 92.8 cm³/mol. The molecule has 1 aromatic rings. The SMILES string of the molecule is CO[C@@H]1C(=O)C[C@]23CCN(C)[C@@]24C[C@@H](O[C@]14OC)c1cc2c(cc13)OCO2. The van der Waals surface area contributed by atoms with Crippen LogP contribution in [0.15, 0.2) is 12.1 Å². The molecular weight excluding hydrogens is 350 g/mol. The number of ketones is 1. The predicted octanol–water partition coefficient (Wildman–Crippen LogP) is 1.53. The average molecular weight is 373 g/mol. The maximum Gasteiger partial charge on any atom is 0.231 e. The maximum atomic E-state index is 13.2. The van der Waals surface area contributed by atoms with Crippen molar-refractivity contribution in [1.82, 2.24) is 4.90 Å². The fourth-order valence-electron chi connectivity index (χ4n) is 6.82. The second-order valence-electron chi connectivity index (χ2n) is 8.35. The summed E-state index contributed by atoms with van der Waals surface area (Å²) in [6.07, 6.45) is 1.15. The third-order valence-corrected chi connectivity index (χ3v) is 7.75. The van der Waals surface area contributed by atoms with Crippen LogP contribution in [0.5, 0.6) is 11.5 Å². The molecule has 27 heavy (non-hydrogen) atoms.